The molecule has 0 aliphatic rings. The number of methoxy groups -OCH3 is 1. The minimum absolute atomic E-state index is 0.444. The molecule has 0 saturated heterocycles. The molecule has 0 spiro atoms. The standard InChI is InChI=1S/C13H22BrN3O/c1-5-6-15-13-12(14)10(7-9(2)3)16-11(17-13)8-18-4/h9H,5-8H2,1-4H3,(H,15,16,17). The molecule has 0 bridgehead atoms. The summed E-state index contributed by atoms with van der Waals surface area (Å²) in [7, 11) is 1.66. The number of nitrogens with one attached hydrogen (secondary N) is 1. The highest BCUT2D eigenvalue weighted by Gasteiger charge is 2.13. The lowest BCUT2D eigenvalue weighted by molar-refractivity contribution is 0.177. The molecule has 0 unspecified atom stereocenters. The molecular weight excluding hydrogens is 294 g/mol. The van der Waals surface area contributed by atoms with Gasteiger partial charge in [0.25, 0.3) is 0 Å². The molecule has 1 aromatic heterocycles. The molecule has 0 radical (unpaired) electrons. The molecule has 0 amide bonds. The Balaban J connectivity index is 3.02. The maximum Gasteiger partial charge on any atom is 0.156 e. The van der Waals surface area contributed by atoms with Crippen molar-refractivity contribution in [3.05, 3.63) is 16.0 Å². The summed E-state index contributed by atoms with van der Waals surface area (Å²) in [5, 5.41) is 3.32. The van der Waals surface area contributed by atoms with Crippen LogP contribution in [0.2, 0.25) is 0 Å². The zero-order chi connectivity index (χ0) is 13.5. The molecule has 18 heavy (non-hydrogen) atoms. The van der Waals surface area contributed by atoms with E-state index in [0.717, 1.165) is 41.2 Å². The van der Waals surface area contributed by atoms with Crippen molar-refractivity contribution in [3.63, 3.8) is 0 Å². The number of rotatable bonds is 7. The smallest absolute Gasteiger partial charge is 0.156 e. The van der Waals surface area contributed by atoms with E-state index in [4.69, 9.17) is 4.74 Å². The molecule has 4 nitrogen and oxygen atoms in total. The summed E-state index contributed by atoms with van der Waals surface area (Å²) in [5.41, 5.74) is 1.05. The van der Waals surface area contributed by atoms with Gasteiger partial charge in [-0.1, -0.05) is 20.8 Å². The van der Waals surface area contributed by atoms with Crippen LogP contribution in [-0.2, 0) is 17.8 Å². The highest BCUT2D eigenvalue weighted by molar-refractivity contribution is 9.10. The van der Waals surface area contributed by atoms with Crippen molar-refractivity contribution >= 4 is 21.7 Å². The third-order valence-corrected chi connectivity index (χ3v) is 3.22. The topological polar surface area (TPSA) is 47.0 Å². The number of aromatic nitrogens is 2. The van der Waals surface area contributed by atoms with Crippen LogP contribution >= 0.6 is 15.9 Å². The summed E-state index contributed by atoms with van der Waals surface area (Å²) < 4.78 is 6.10. The van der Waals surface area contributed by atoms with E-state index in [1.54, 1.807) is 7.11 Å². The molecule has 1 heterocycles. The van der Waals surface area contributed by atoms with E-state index in [1.165, 1.54) is 0 Å². The van der Waals surface area contributed by atoms with Gasteiger partial charge in [0, 0.05) is 13.7 Å². The van der Waals surface area contributed by atoms with Crippen LogP contribution in [0.4, 0.5) is 5.82 Å². The predicted molar refractivity (Wildman–Crippen MR) is 77.8 cm³/mol. The molecular formula is C13H22BrN3O. The van der Waals surface area contributed by atoms with Crippen LogP contribution in [0.5, 0.6) is 0 Å². The van der Waals surface area contributed by atoms with Gasteiger partial charge in [0.15, 0.2) is 5.82 Å². The van der Waals surface area contributed by atoms with E-state index in [9.17, 15) is 0 Å². The highest BCUT2D eigenvalue weighted by atomic mass is 79.9. The van der Waals surface area contributed by atoms with Gasteiger partial charge >= 0.3 is 0 Å². The highest BCUT2D eigenvalue weighted by Crippen LogP contribution is 2.25. The zero-order valence-electron chi connectivity index (χ0n) is 11.6. The van der Waals surface area contributed by atoms with Crippen molar-refractivity contribution in [1.29, 1.82) is 0 Å². The average molecular weight is 316 g/mol. The first-order valence-electron chi connectivity index (χ1n) is 6.36. The van der Waals surface area contributed by atoms with Crippen LogP contribution in [0.25, 0.3) is 0 Å². The van der Waals surface area contributed by atoms with E-state index >= 15 is 0 Å². The lowest BCUT2D eigenvalue weighted by Gasteiger charge is -2.13. The quantitative estimate of drug-likeness (QED) is 0.837. The lowest BCUT2D eigenvalue weighted by Crippen LogP contribution is -2.11. The first-order chi connectivity index (χ1) is 8.58. The van der Waals surface area contributed by atoms with Crippen LogP contribution < -0.4 is 5.32 Å². The second-order valence-corrected chi connectivity index (χ2v) is 5.50. The Morgan fingerprint density at radius 1 is 1.33 bits per heavy atom. The third kappa shape index (κ3) is 4.53. The summed E-state index contributed by atoms with van der Waals surface area (Å²) in [4.78, 5) is 9.02. The third-order valence-electron chi connectivity index (χ3n) is 2.38. The van der Waals surface area contributed by atoms with Crippen LogP contribution in [0.3, 0.4) is 0 Å². The van der Waals surface area contributed by atoms with Crippen molar-refractivity contribution in [3.8, 4) is 0 Å². The SMILES string of the molecule is CCCNc1nc(COC)nc(CC(C)C)c1Br. The van der Waals surface area contributed by atoms with Crippen molar-refractivity contribution < 1.29 is 4.74 Å². The van der Waals surface area contributed by atoms with Crippen LogP contribution in [0, 0.1) is 5.92 Å². The first kappa shape index (κ1) is 15.4. The fraction of sp³-hybridized carbons (Fsp3) is 0.692. The number of nitrogens with zero attached hydrogens (tertiary/aromatic N) is 2. The average Bonchev–Trinajstić information content (AvgIpc) is 2.31. The summed E-state index contributed by atoms with van der Waals surface area (Å²) in [5.74, 6) is 2.16. The number of anilines is 1. The van der Waals surface area contributed by atoms with Gasteiger partial charge in [-0.05, 0) is 34.7 Å². The van der Waals surface area contributed by atoms with Crippen molar-refractivity contribution in [2.24, 2.45) is 5.92 Å². The normalized spacial score (nSPS) is 11.0. The zero-order valence-corrected chi connectivity index (χ0v) is 13.2. The molecule has 1 N–H and O–H groups in total. The summed E-state index contributed by atoms with van der Waals surface area (Å²) in [6.07, 6.45) is 2.00. The molecule has 5 heteroatoms. The van der Waals surface area contributed by atoms with Crippen molar-refractivity contribution in [2.45, 2.75) is 40.2 Å². The number of hydrogen-bond donors (Lipinski definition) is 1. The Hall–Kier alpha value is -0.680. The van der Waals surface area contributed by atoms with Crippen molar-refractivity contribution in [1.82, 2.24) is 9.97 Å². The van der Waals surface area contributed by atoms with Gasteiger partial charge < -0.3 is 10.1 Å². The Morgan fingerprint density at radius 3 is 2.61 bits per heavy atom. The molecule has 1 rings (SSSR count). The van der Waals surface area contributed by atoms with Gasteiger partial charge in [0.2, 0.25) is 0 Å². The Morgan fingerprint density at radius 2 is 2.06 bits per heavy atom. The van der Waals surface area contributed by atoms with Gasteiger partial charge in [0.1, 0.15) is 12.4 Å². The van der Waals surface area contributed by atoms with Crippen molar-refractivity contribution in [2.75, 3.05) is 19.0 Å². The molecule has 0 aromatic carbocycles. The van der Waals surface area contributed by atoms with E-state index < -0.39 is 0 Å². The first-order valence-corrected chi connectivity index (χ1v) is 7.15. The predicted octanol–water partition coefficient (Wildman–Crippen LogP) is 3.41. The summed E-state index contributed by atoms with van der Waals surface area (Å²) in [6, 6.07) is 0. The summed E-state index contributed by atoms with van der Waals surface area (Å²) in [6.45, 7) is 7.85. The molecule has 1 aromatic rings. The molecule has 0 aliphatic carbocycles. The number of ether oxygens (including phenoxy) is 1. The van der Waals surface area contributed by atoms with Crippen LogP contribution in [-0.4, -0.2) is 23.6 Å². The molecule has 0 saturated carbocycles. The second kappa shape index (κ2) is 7.69. The Bertz CT molecular complexity index is 383. The Labute approximate surface area is 118 Å². The maximum atomic E-state index is 5.12. The van der Waals surface area contributed by atoms with E-state index in [1.807, 2.05) is 0 Å². The minimum atomic E-state index is 0.444. The van der Waals surface area contributed by atoms with E-state index in [2.05, 4.69) is 52.0 Å². The van der Waals surface area contributed by atoms with Gasteiger partial charge in [-0.15, -0.1) is 0 Å². The number of hydrogen-bond acceptors (Lipinski definition) is 4. The fourth-order valence-electron chi connectivity index (χ4n) is 1.62. The molecule has 102 valence electrons. The second-order valence-electron chi connectivity index (χ2n) is 4.71. The molecule has 0 fully saturated rings. The van der Waals surface area contributed by atoms with E-state index in [-0.39, 0.29) is 0 Å². The Kier molecular flexibility index (Phi) is 6.57. The van der Waals surface area contributed by atoms with Gasteiger partial charge in [0.05, 0.1) is 10.2 Å². The molecule has 0 atom stereocenters. The number of halogens is 1. The van der Waals surface area contributed by atoms with Gasteiger partial charge in [-0.2, -0.15) is 0 Å². The van der Waals surface area contributed by atoms with Gasteiger partial charge in [-0.25, -0.2) is 9.97 Å². The lowest BCUT2D eigenvalue weighted by atomic mass is 10.1. The largest absolute Gasteiger partial charge is 0.377 e. The fourth-order valence-corrected chi connectivity index (χ4v) is 2.10. The molecule has 0 aliphatic heterocycles. The monoisotopic (exact) mass is 315 g/mol. The van der Waals surface area contributed by atoms with Crippen LogP contribution in [0.1, 0.15) is 38.7 Å². The van der Waals surface area contributed by atoms with Crippen LogP contribution in [0.15, 0.2) is 4.47 Å². The summed E-state index contributed by atoms with van der Waals surface area (Å²) >= 11 is 3.60. The van der Waals surface area contributed by atoms with Gasteiger partial charge in [-0.3, -0.25) is 0 Å². The maximum absolute atomic E-state index is 5.12. The minimum Gasteiger partial charge on any atom is -0.377 e. The van der Waals surface area contributed by atoms with E-state index in [0.29, 0.717) is 12.5 Å².